The highest BCUT2D eigenvalue weighted by Crippen LogP contribution is 2.34. The maximum Gasteiger partial charge on any atom is 0.335 e. The number of anilines is 1. The van der Waals surface area contributed by atoms with Gasteiger partial charge in [0.1, 0.15) is 11.5 Å². The van der Waals surface area contributed by atoms with E-state index in [1.165, 1.54) is 0 Å². The van der Waals surface area contributed by atoms with Gasteiger partial charge in [-0.1, -0.05) is 30.3 Å². The van der Waals surface area contributed by atoms with Crippen LogP contribution in [-0.2, 0) is 11.2 Å². The molecule has 0 bridgehead atoms. The van der Waals surface area contributed by atoms with Crippen molar-refractivity contribution in [2.75, 3.05) is 31.5 Å². The average Bonchev–Trinajstić information content (AvgIpc) is 2.87. The molecular formula is C28H31N3O4. The molecule has 4 N–H and O–H groups in total. The van der Waals surface area contributed by atoms with Gasteiger partial charge >= 0.3 is 5.97 Å². The lowest BCUT2D eigenvalue weighted by Crippen LogP contribution is -2.47. The zero-order chi connectivity index (χ0) is 24.7. The van der Waals surface area contributed by atoms with Crippen molar-refractivity contribution in [1.82, 2.24) is 4.90 Å². The Morgan fingerprint density at radius 3 is 2.14 bits per heavy atom. The molecule has 1 heterocycles. The molecule has 0 aromatic heterocycles. The van der Waals surface area contributed by atoms with E-state index in [4.69, 9.17) is 15.6 Å². The van der Waals surface area contributed by atoms with E-state index in [9.17, 15) is 9.59 Å². The van der Waals surface area contributed by atoms with Gasteiger partial charge in [0.15, 0.2) is 0 Å². The van der Waals surface area contributed by atoms with Crippen LogP contribution in [0.25, 0.3) is 0 Å². The molecule has 0 radical (unpaired) electrons. The Bertz CT molecular complexity index is 1120. The number of benzene rings is 3. The summed E-state index contributed by atoms with van der Waals surface area (Å²) in [5.41, 5.74) is 8.24. The molecule has 1 fully saturated rings. The van der Waals surface area contributed by atoms with E-state index in [2.05, 4.69) is 10.2 Å². The molecule has 7 heteroatoms. The molecule has 35 heavy (non-hydrogen) atoms. The van der Waals surface area contributed by atoms with E-state index in [1.54, 1.807) is 12.1 Å². The Morgan fingerprint density at radius 1 is 0.914 bits per heavy atom. The van der Waals surface area contributed by atoms with Crippen molar-refractivity contribution >= 4 is 17.6 Å². The second kappa shape index (κ2) is 11.2. The van der Waals surface area contributed by atoms with Gasteiger partial charge in [-0.25, -0.2) is 4.79 Å². The van der Waals surface area contributed by atoms with E-state index in [1.807, 2.05) is 66.7 Å². The summed E-state index contributed by atoms with van der Waals surface area (Å²) in [7, 11) is 0. The fourth-order valence-electron chi connectivity index (χ4n) is 4.47. The van der Waals surface area contributed by atoms with E-state index in [-0.39, 0.29) is 16.9 Å². The normalized spacial score (nSPS) is 15.3. The van der Waals surface area contributed by atoms with Crippen LogP contribution >= 0.6 is 0 Å². The molecule has 1 aliphatic rings. The second-order valence-electron chi connectivity index (χ2n) is 9.15. The van der Waals surface area contributed by atoms with Gasteiger partial charge in [-0.15, -0.1) is 0 Å². The number of nitrogens with two attached hydrogens (primary N) is 1. The predicted octanol–water partition coefficient (Wildman–Crippen LogP) is 4.40. The van der Waals surface area contributed by atoms with Gasteiger partial charge in [0.2, 0.25) is 5.91 Å². The number of rotatable bonds is 9. The maximum absolute atomic E-state index is 12.6. The number of hydrogen-bond acceptors (Lipinski definition) is 5. The third kappa shape index (κ3) is 6.68. The van der Waals surface area contributed by atoms with Crippen molar-refractivity contribution < 1.29 is 19.4 Å². The highest BCUT2D eigenvalue weighted by Gasteiger charge is 2.34. The van der Waals surface area contributed by atoms with Crippen LogP contribution in [0.1, 0.15) is 28.8 Å². The summed E-state index contributed by atoms with van der Waals surface area (Å²) >= 11 is 0. The first-order valence-corrected chi connectivity index (χ1v) is 11.8. The van der Waals surface area contributed by atoms with E-state index >= 15 is 0 Å². The molecule has 4 rings (SSSR count). The van der Waals surface area contributed by atoms with Crippen LogP contribution < -0.4 is 15.8 Å². The number of nitrogens with one attached hydrogen (secondary N) is 1. The first kappa shape index (κ1) is 24.4. The molecule has 0 aliphatic carbocycles. The van der Waals surface area contributed by atoms with Gasteiger partial charge in [0, 0.05) is 5.69 Å². The Labute approximate surface area is 205 Å². The zero-order valence-corrected chi connectivity index (χ0v) is 19.7. The standard InChI is InChI=1S/C28H31N3O4/c29-20-28(18-21-6-8-22(9-7-21)27(33)34)14-16-31(17-15-28)19-26(32)30-23-10-12-25(13-11-23)35-24-4-2-1-3-5-24/h1-13H,14-20,29H2,(H,30,32)(H,33,34). The summed E-state index contributed by atoms with van der Waals surface area (Å²) in [6.45, 7) is 2.48. The fourth-order valence-corrected chi connectivity index (χ4v) is 4.47. The molecule has 0 saturated carbocycles. The summed E-state index contributed by atoms with van der Waals surface area (Å²) < 4.78 is 5.79. The van der Waals surface area contributed by atoms with Gasteiger partial charge in [0.05, 0.1) is 12.1 Å². The Morgan fingerprint density at radius 2 is 1.54 bits per heavy atom. The Balaban J connectivity index is 1.25. The van der Waals surface area contributed by atoms with E-state index < -0.39 is 5.97 Å². The molecule has 1 amide bonds. The highest BCUT2D eigenvalue weighted by atomic mass is 16.5. The van der Waals surface area contributed by atoms with Gasteiger partial charge < -0.3 is 20.9 Å². The molecule has 0 atom stereocenters. The first-order valence-electron chi connectivity index (χ1n) is 11.8. The van der Waals surface area contributed by atoms with Crippen molar-refractivity contribution in [3.63, 3.8) is 0 Å². The van der Waals surface area contributed by atoms with Gasteiger partial charge in [-0.2, -0.15) is 0 Å². The van der Waals surface area contributed by atoms with Crippen molar-refractivity contribution in [2.45, 2.75) is 19.3 Å². The predicted molar refractivity (Wildman–Crippen MR) is 136 cm³/mol. The lowest BCUT2D eigenvalue weighted by molar-refractivity contribution is -0.117. The topological polar surface area (TPSA) is 105 Å². The van der Waals surface area contributed by atoms with Crippen LogP contribution in [0.2, 0.25) is 0 Å². The van der Waals surface area contributed by atoms with Gasteiger partial charge in [0.25, 0.3) is 0 Å². The molecule has 1 saturated heterocycles. The molecule has 7 nitrogen and oxygen atoms in total. The number of hydrogen-bond donors (Lipinski definition) is 3. The molecule has 182 valence electrons. The van der Waals surface area contributed by atoms with E-state index in [0.717, 1.165) is 49.4 Å². The third-order valence-electron chi connectivity index (χ3n) is 6.61. The minimum atomic E-state index is -0.923. The number of para-hydroxylation sites is 1. The smallest absolute Gasteiger partial charge is 0.335 e. The molecular weight excluding hydrogens is 442 g/mol. The third-order valence-corrected chi connectivity index (χ3v) is 6.61. The zero-order valence-electron chi connectivity index (χ0n) is 19.7. The lowest BCUT2D eigenvalue weighted by Gasteiger charge is -2.41. The maximum atomic E-state index is 12.6. The Kier molecular flexibility index (Phi) is 7.80. The van der Waals surface area contributed by atoms with Crippen LogP contribution in [0, 0.1) is 5.41 Å². The number of carboxylic acid groups (broad SMARTS) is 1. The summed E-state index contributed by atoms with van der Waals surface area (Å²) in [4.78, 5) is 25.8. The number of carbonyl (C=O) groups excluding carboxylic acids is 1. The lowest BCUT2D eigenvalue weighted by atomic mass is 9.74. The molecule has 0 unspecified atom stereocenters. The number of nitrogens with zero attached hydrogens (tertiary/aromatic N) is 1. The summed E-state index contributed by atoms with van der Waals surface area (Å²) in [5, 5.41) is 12.1. The second-order valence-corrected chi connectivity index (χ2v) is 9.15. The monoisotopic (exact) mass is 473 g/mol. The van der Waals surface area contributed by atoms with Crippen LogP contribution in [-0.4, -0.2) is 48.1 Å². The minimum Gasteiger partial charge on any atom is -0.478 e. The summed E-state index contributed by atoms with van der Waals surface area (Å²) in [6.07, 6.45) is 2.59. The number of piperidine rings is 1. The van der Waals surface area contributed by atoms with Gasteiger partial charge in [-0.05, 0) is 98.4 Å². The van der Waals surface area contributed by atoms with Crippen LogP contribution in [0.5, 0.6) is 11.5 Å². The first-order chi connectivity index (χ1) is 16.9. The number of ether oxygens (including phenoxy) is 1. The summed E-state index contributed by atoms with van der Waals surface area (Å²) in [6, 6.07) is 23.9. The molecule has 1 aliphatic heterocycles. The van der Waals surface area contributed by atoms with Crippen molar-refractivity contribution in [2.24, 2.45) is 11.1 Å². The Hall–Kier alpha value is -3.68. The van der Waals surface area contributed by atoms with Gasteiger partial charge in [-0.3, -0.25) is 9.69 Å². The van der Waals surface area contributed by atoms with Crippen LogP contribution in [0.4, 0.5) is 5.69 Å². The van der Waals surface area contributed by atoms with Crippen molar-refractivity contribution in [3.05, 3.63) is 90.0 Å². The van der Waals surface area contributed by atoms with Crippen molar-refractivity contribution in [3.8, 4) is 11.5 Å². The summed E-state index contributed by atoms with van der Waals surface area (Å²) in [5.74, 6) is 0.500. The number of carboxylic acids is 1. The molecule has 0 spiro atoms. The fraction of sp³-hybridized carbons (Fsp3) is 0.286. The largest absolute Gasteiger partial charge is 0.478 e. The van der Waals surface area contributed by atoms with E-state index in [0.29, 0.717) is 18.8 Å². The molecule has 3 aromatic carbocycles. The average molecular weight is 474 g/mol. The molecule has 3 aromatic rings. The highest BCUT2D eigenvalue weighted by molar-refractivity contribution is 5.92. The number of aromatic carboxylic acids is 1. The van der Waals surface area contributed by atoms with Crippen LogP contribution in [0.3, 0.4) is 0 Å². The quantitative estimate of drug-likeness (QED) is 0.426. The number of likely N-dealkylation sites (tertiary alicyclic amines) is 1. The SMILES string of the molecule is NCC1(Cc2ccc(C(=O)O)cc2)CCN(CC(=O)Nc2ccc(Oc3ccccc3)cc2)CC1. The number of amides is 1. The van der Waals surface area contributed by atoms with Crippen molar-refractivity contribution in [1.29, 1.82) is 0 Å². The minimum absolute atomic E-state index is 0.0354. The van der Waals surface area contributed by atoms with Crippen LogP contribution in [0.15, 0.2) is 78.9 Å². The number of carbonyl (C=O) groups is 2.